The second-order valence-electron chi connectivity index (χ2n) is 9.18. The van der Waals surface area contributed by atoms with Gasteiger partial charge in [0, 0.05) is 31.0 Å². The Morgan fingerprint density at radius 3 is 1.95 bits per heavy atom. The van der Waals surface area contributed by atoms with Gasteiger partial charge < -0.3 is 10.2 Å². The van der Waals surface area contributed by atoms with Crippen molar-refractivity contribution in [2.75, 3.05) is 0 Å². The molecular formula is C32H30ClFN2O2. The van der Waals surface area contributed by atoms with Crippen LogP contribution in [0, 0.1) is 5.82 Å². The first-order chi connectivity index (χ1) is 18.5. The van der Waals surface area contributed by atoms with Crippen LogP contribution in [0.3, 0.4) is 0 Å². The highest BCUT2D eigenvalue weighted by atomic mass is 35.5. The summed E-state index contributed by atoms with van der Waals surface area (Å²) in [5.41, 5.74) is 3.65. The van der Waals surface area contributed by atoms with Gasteiger partial charge in [0.25, 0.3) is 0 Å². The van der Waals surface area contributed by atoms with Gasteiger partial charge in [0.2, 0.25) is 11.8 Å². The summed E-state index contributed by atoms with van der Waals surface area (Å²) >= 11 is 6.00. The van der Waals surface area contributed by atoms with Crippen LogP contribution in [-0.2, 0) is 35.5 Å². The van der Waals surface area contributed by atoms with Gasteiger partial charge in [-0.1, -0.05) is 96.5 Å². The van der Waals surface area contributed by atoms with Gasteiger partial charge in [0.1, 0.15) is 11.9 Å². The minimum absolute atomic E-state index is 0.138. The number of rotatable bonds is 11. The highest BCUT2D eigenvalue weighted by molar-refractivity contribution is 6.30. The molecule has 4 aromatic rings. The summed E-state index contributed by atoms with van der Waals surface area (Å²) in [5, 5.41) is 3.63. The Bertz CT molecular complexity index is 1310. The molecule has 0 saturated heterocycles. The summed E-state index contributed by atoms with van der Waals surface area (Å²) in [4.78, 5) is 29.0. The number of hydrogen-bond acceptors (Lipinski definition) is 2. The normalized spacial score (nSPS) is 11.5. The van der Waals surface area contributed by atoms with E-state index < -0.39 is 6.04 Å². The zero-order valence-corrected chi connectivity index (χ0v) is 21.8. The van der Waals surface area contributed by atoms with Crippen molar-refractivity contribution in [3.8, 4) is 0 Å². The lowest BCUT2D eigenvalue weighted by molar-refractivity contribution is -0.141. The average molecular weight is 529 g/mol. The fourth-order valence-electron chi connectivity index (χ4n) is 4.29. The van der Waals surface area contributed by atoms with Crippen LogP contribution < -0.4 is 5.32 Å². The first-order valence-electron chi connectivity index (χ1n) is 12.6. The molecule has 0 fully saturated rings. The van der Waals surface area contributed by atoms with E-state index in [0.29, 0.717) is 24.4 Å². The van der Waals surface area contributed by atoms with E-state index in [9.17, 15) is 14.0 Å². The van der Waals surface area contributed by atoms with Crippen molar-refractivity contribution < 1.29 is 14.0 Å². The molecule has 0 heterocycles. The predicted octanol–water partition coefficient (Wildman–Crippen LogP) is 6.37. The molecule has 4 nitrogen and oxygen atoms in total. The number of amides is 2. The van der Waals surface area contributed by atoms with E-state index in [-0.39, 0.29) is 30.6 Å². The SMILES string of the molecule is O=C(NCc1ccc(Cl)cc1)[C@H](Cc1ccccc1)N(Cc1ccc(F)cc1)C(=O)CCc1ccccc1. The van der Waals surface area contributed by atoms with Crippen LogP contribution in [-0.4, -0.2) is 22.8 Å². The van der Waals surface area contributed by atoms with Gasteiger partial charge in [-0.2, -0.15) is 0 Å². The molecule has 0 radical (unpaired) electrons. The van der Waals surface area contributed by atoms with Gasteiger partial charge in [-0.3, -0.25) is 9.59 Å². The molecule has 0 bridgehead atoms. The largest absolute Gasteiger partial charge is 0.350 e. The zero-order chi connectivity index (χ0) is 26.7. The molecule has 0 aliphatic rings. The van der Waals surface area contributed by atoms with Crippen molar-refractivity contribution in [2.45, 2.75) is 38.4 Å². The van der Waals surface area contributed by atoms with Crippen molar-refractivity contribution in [3.05, 3.63) is 142 Å². The first kappa shape index (κ1) is 27.1. The van der Waals surface area contributed by atoms with Gasteiger partial charge in [-0.05, 0) is 52.9 Å². The highest BCUT2D eigenvalue weighted by Gasteiger charge is 2.30. The standard InChI is InChI=1S/C32H30ClFN2O2/c33-28-16-11-26(12-17-28)22-35-32(38)30(21-25-9-5-2-6-10-25)36(23-27-13-18-29(34)19-14-27)31(37)20-15-24-7-3-1-4-8-24/h1-14,16-19,30H,15,20-23H2,(H,35,38)/t30-/m0/s1. The molecule has 194 valence electrons. The smallest absolute Gasteiger partial charge is 0.243 e. The molecule has 38 heavy (non-hydrogen) atoms. The van der Waals surface area contributed by atoms with Gasteiger partial charge in [-0.25, -0.2) is 4.39 Å². The van der Waals surface area contributed by atoms with Crippen molar-refractivity contribution >= 4 is 23.4 Å². The summed E-state index contributed by atoms with van der Waals surface area (Å²) in [5.74, 6) is -0.739. The number of carbonyl (C=O) groups is 2. The van der Waals surface area contributed by atoms with E-state index in [0.717, 1.165) is 22.3 Å². The van der Waals surface area contributed by atoms with Crippen LogP contribution in [0.4, 0.5) is 4.39 Å². The Kier molecular flexibility index (Phi) is 9.65. The molecule has 6 heteroatoms. The average Bonchev–Trinajstić information content (AvgIpc) is 2.95. The summed E-state index contributed by atoms with van der Waals surface area (Å²) in [7, 11) is 0. The van der Waals surface area contributed by atoms with Crippen molar-refractivity contribution in [2.24, 2.45) is 0 Å². The molecular weight excluding hydrogens is 499 g/mol. The number of nitrogens with one attached hydrogen (secondary N) is 1. The van der Waals surface area contributed by atoms with E-state index in [1.165, 1.54) is 12.1 Å². The first-order valence-corrected chi connectivity index (χ1v) is 13.0. The molecule has 1 N–H and O–H groups in total. The Labute approximate surface area is 228 Å². The molecule has 0 saturated carbocycles. The fraction of sp³-hybridized carbons (Fsp3) is 0.188. The van der Waals surface area contributed by atoms with Gasteiger partial charge in [-0.15, -0.1) is 0 Å². The Balaban J connectivity index is 1.60. The van der Waals surface area contributed by atoms with Gasteiger partial charge in [0.15, 0.2) is 0 Å². The molecule has 0 aliphatic heterocycles. The quantitative estimate of drug-likeness (QED) is 0.246. The molecule has 0 unspecified atom stereocenters. The molecule has 0 aromatic heterocycles. The lowest BCUT2D eigenvalue weighted by atomic mass is 10.0. The third kappa shape index (κ3) is 8.02. The van der Waals surface area contributed by atoms with Crippen LogP contribution in [0.5, 0.6) is 0 Å². The van der Waals surface area contributed by atoms with Crippen LogP contribution in [0.25, 0.3) is 0 Å². The van der Waals surface area contributed by atoms with E-state index in [4.69, 9.17) is 11.6 Å². The monoisotopic (exact) mass is 528 g/mol. The van der Waals surface area contributed by atoms with E-state index in [1.54, 1.807) is 29.2 Å². The summed E-state index contributed by atoms with van der Waals surface area (Å²) < 4.78 is 13.6. The van der Waals surface area contributed by atoms with Crippen molar-refractivity contribution in [1.29, 1.82) is 0 Å². The van der Waals surface area contributed by atoms with Crippen molar-refractivity contribution in [1.82, 2.24) is 10.2 Å². The minimum atomic E-state index is -0.752. The number of nitrogens with zero attached hydrogens (tertiary/aromatic N) is 1. The lowest BCUT2D eigenvalue weighted by Gasteiger charge is -2.31. The molecule has 0 aliphatic carbocycles. The lowest BCUT2D eigenvalue weighted by Crippen LogP contribution is -2.50. The number of aryl methyl sites for hydroxylation is 1. The third-order valence-corrected chi connectivity index (χ3v) is 6.64. The predicted molar refractivity (Wildman–Crippen MR) is 149 cm³/mol. The number of carbonyl (C=O) groups excluding carboxylic acids is 2. The molecule has 0 spiro atoms. The molecule has 2 amide bonds. The van der Waals surface area contributed by atoms with Crippen LogP contribution in [0.1, 0.15) is 28.7 Å². The van der Waals surface area contributed by atoms with E-state index >= 15 is 0 Å². The maximum absolute atomic E-state index is 13.7. The van der Waals surface area contributed by atoms with Crippen LogP contribution in [0.2, 0.25) is 5.02 Å². The topological polar surface area (TPSA) is 49.4 Å². The maximum Gasteiger partial charge on any atom is 0.243 e. The van der Waals surface area contributed by atoms with Crippen LogP contribution in [0.15, 0.2) is 109 Å². The fourth-order valence-corrected chi connectivity index (χ4v) is 4.42. The van der Waals surface area contributed by atoms with Gasteiger partial charge in [0.05, 0.1) is 0 Å². The third-order valence-electron chi connectivity index (χ3n) is 6.39. The molecule has 4 rings (SSSR count). The van der Waals surface area contributed by atoms with Crippen LogP contribution >= 0.6 is 11.6 Å². The second-order valence-corrected chi connectivity index (χ2v) is 9.62. The summed E-state index contributed by atoms with van der Waals surface area (Å²) in [6, 6.07) is 32.0. The number of hydrogen-bond donors (Lipinski definition) is 1. The number of halogens is 2. The summed E-state index contributed by atoms with van der Waals surface area (Å²) in [6.45, 7) is 0.504. The Morgan fingerprint density at radius 1 is 0.737 bits per heavy atom. The zero-order valence-electron chi connectivity index (χ0n) is 21.0. The molecule has 1 atom stereocenters. The van der Waals surface area contributed by atoms with E-state index in [1.807, 2.05) is 72.8 Å². The summed E-state index contributed by atoms with van der Waals surface area (Å²) in [6.07, 6.45) is 1.16. The Hall–Kier alpha value is -3.96. The highest BCUT2D eigenvalue weighted by Crippen LogP contribution is 2.18. The van der Waals surface area contributed by atoms with Gasteiger partial charge >= 0.3 is 0 Å². The van der Waals surface area contributed by atoms with Crippen molar-refractivity contribution in [3.63, 3.8) is 0 Å². The number of benzene rings is 4. The molecule has 4 aromatic carbocycles. The Morgan fingerprint density at radius 2 is 1.32 bits per heavy atom. The second kappa shape index (κ2) is 13.5. The minimum Gasteiger partial charge on any atom is -0.350 e. The van der Waals surface area contributed by atoms with E-state index in [2.05, 4.69) is 5.32 Å². The maximum atomic E-state index is 13.7.